The summed E-state index contributed by atoms with van der Waals surface area (Å²) in [6, 6.07) is 0. The van der Waals surface area contributed by atoms with Crippen molar-refractivity contribution in [2.24, 2.45) is 10.9 Å². The summed E-state index contributed by atoms with van der Waals surface area (Å²) in [6.45, 7) is 5.22. The van der Waals surface area contributed by atoms with Crippen LogP contribution in [0.25, 0.3) is 0 Å². The Balaban J connectivity index is 0.00000529. The van der Waals surface area contributed by atoms with Crippen LogP contribution in [0.15, 0.2) is 4.99 Å². The van der Waals surface area contributed by atoms with Crippen molar-refractivity contribution in [1.29, 1.82) is 0 Å². The van der Waals surface area contributed by atoms with Gasteiger partial charge in [-0.1, -0.05) is 6.42 Å². The van der Waals surface area contributed by atoms with Crippen LogP contribution in [-0.4, -0.2) is 60.0 Å². The molecular formula is C15H33IN4O3S. The molecule has 0 spiro atoms. The van der Waals surface area contributed by atoms with E-state index in [1.807, 2.05) is 6.92 Å². The molecule has 1 saturated carbocycles. The van der Waals surface area contributed by atoms with Crippen LogP contribution in [0.2, 0.25) is 0 Å². The van der Waals surface area contributed by atoms with E-state index in [0.717, 1.165) is 45.4 Å². The fourth-order valence-corrected chi connectivity index (χ4v) is 3.22. The van der Waals surface area contributed by atoms with Crippen molar-refractivity contribution in [1.82, 2.24) is 15.4 Å². The number of unbranched alkanes of at least 4 members (excludes halogenated alkanes) is 1. The van der Waals surface area contributed by atoms with E-state index in [4.69, 9.17) is 4.74 Å². The number of rotatable bonds is 12. The van der Waals surface area contributed by atoms with E-state index in [2.05, 4.69) is 20.3 Å². The van der Waals surface area contributed by atoms with Crippen LogP contribution in [0, 0.1) is 5.92 Å². The van der Waals surface area contributed by atoms with Gasteiger partial charge in [-0.25, -0.2) is 13.1 Å². The SMILES string of the molecule is CCOCCCCNC(=NC)NCCS(=O)(=O)NCC1CCC1.I. The number of hydrogen-bond acceptors (Lipinski definition) is 4. The predicted molar refractivity (Wildman–Crippen MR) is 110 cm³/mol. The molecule has 24 heavy (non-hydrogen) atoms. The molecule has 1 fully saturated rings. The van der Waals surface area contributed by atoms with Crippen molar-refractivity contribution < 1.29 is 13.2 Å². The lowest BCUT2D eigenvalue weighted by atomic mass is 9.86. The van der Waals surface area contributed by atoms with E-state index in [9.17, 15) is 8.42 Å². The van der Waals surface area contributed by atoms with Crippen molar-refractivity contribution in [3.8, 4) is 0 Å². The third-order valence-electron chi connectivity index (χ3n) is 3.92. The van der Waals surface area contributed by atoms with Crippen LogP contribution in [0.1, 0.15) is 39.0 Å². The van der Waals surface area contributed by atoms with Crippen LogP contribution in [0.5, 0.6) is 0 Å². The molecule has 7 nitrogen and oxygen atoms in total. The second-order valence-electron chi connectivity index (χ2n) is 5.79. The Kier molecular flexibility index (Phi) is 14.0. The average molecular weight is 476 g/mol. The predicted octanol–water partition coefficient (Wildman–Crippen LogP) is 1.31. The molecule has 0 atom stereocenters. The summed E-state index contributed by atoms with van der Waals surface area (Å²) in [4.78, 5) is 4.09. The van der Waals surface area contributed by atoms with Gasteiger partial charge < -0.3 is 15.4 Å². The maximum absolute atomic E-state index is 11.9. The molecule has 0 bridgehead atoms. The summed E-state index contributed by atoms with van der Waals surface area (Å²) in [7, 11) is -1.52. The molecule has 9 heteroatoms. The minimum atomic E-state index is -3.20. The van der Waals surface area contributed by atoms with E-state index in [1.54, 1.807) is 7.05 Å². The smallest absolute Gasteiger partial charge is 0.213 e. The summed E-state index contributed by atoms with van der Waals surface area (Å²) in [5.74, 6) is 1.23. The van der Waals surface area contributed by atoms with Gasteiger partial charge in [0.25, 0.3) is 0 Å². The van der Waals surface area contributed by atoms with Gasteiger partial charge in [0.1, 0.15) is 0 Å². The number of halogens is 1. The van der Waals surface area contributed by atoms with E-state index >= 15 is 0 Å². The molecule has 0 amide bonds. The molecule has 0 aromatic rings. The quantitative estimate of drug-likeness (QED) is 0.171. The lowest BCUT2D eigenvalue weighted by Crippen LogP contribution is -2.42. The van der Waals surface area contributed by atoms with Gasteiger partial charge in [-0.15, -0.1) is 24.0 Å². The topological polar surface area (TPSA) is 91.8 Å². The van der Waals surface area contributed by atoms with Crippen molar-refractivity contribution in [3.05, 3.63) is 0 Å². The van der Waals surface area contributed by atoms with Gasteiger partial charge in [0.2, 0.25) is 10.0 Å². The Morgan fingerprint density at radius 3 is 2.50 bits per heavy atom. The molecule has 0 aliphatic heterocycles. The second-order valence-corrected chi connectivity index (χ2v) is 7.72. The van der Waals surface area contributed by atoms with Gasteiger partial charge in [-0.3, -0.25) is 4.99 Å². The number of aliphatic imine (C=N–C) groups is 1. The number of nitrogens with zero attached hydrogens (tertiary/aromatic N) is 1. The van der Waals surface area contributed by atoms with Gasteiger partial charge in [0.05, 0.1) is 5.75 Å². The average Bonchev–Trinajstić information content (AvgIpc) is 2.47. The molecule has 0 radical (unpaired) electrons. The summed E-state index contributed by atoms with van der Waals surface area (Å²) in [5.41, 5.74) is 0. The Bertz CT molecular complexity index is 442. The van der Waals surface area contributed by atoms with Gasteiger partial charge in [0, 0.05) is 39.9 Å². The molecule has 1 aliphatic carbocycles. The standard InChI is InChI=1S/C15H32N4O3S.HI/c1-3-22-11-5-4-9-17-15(16-2)18-10-12-23(20,21)19-13-14-7-6-8-14;/h14,19H,3-13H2,1-2H3,(H2,16,17,18);1H. The number of guanidine groups is 1. The Labute approximate surface area is 163 Å². The minimum absolute atomic E-state index is 0. The van der Waals surface area contributed by atoms with Crippen LogP contribution < -0.4 is 15.4 Å². The number of sulfonamides is 1. The zero-order chi connectivity index (χ0) is 17.0. The molecule has 1 rings (SSSR count). The first kappa shape index (κ1) is 23.9. The van der Waals surface area contributed by atoms with Crippen LogP contribution >= 0.6 is 24.0 Å². The highest BCUT2D eigenvalue weighted by molar-refractivity contribution is 14.0. The first-order valence-electron chi connectivity index (χ1n) is 8.57. The number of nitrogens with one attached hydrogen (secondary N) is 3. The van der Waals surface area contributed by atoms with Crippen molar-refractivity contribution in [2.45, 2.75) is 39.0 Å². The first-order valence-corrected chi connectivity index (χ1v) is 10.2. The molecule has 0 aromatic heterocycles. The Morgan fingerprint density at radius 2 is 1.92 bits per heavy atom. The molecule has 0 unspecified atom stereocenters. The first-order chi connectivity index (χ1) is 11.1. The Hall–Kier alpha value is -0.130. The van der Waals surface area contributed by atoms with Crippen molar-refractivity contribution in [2.75, 3.05) is 45.6 Å². The molecular weight excluding hydrogens is 443 g/mol. The van der Waals surface area contributed by atoms with Gasteiger partial charge in [-0.05, 0) is 38.5 Å². The summed E-state index contributed by atoms with van der Waals surface area (Å²) in [6.07, 6.45) is 5.49. The molecule has 0 aromatic carbocycles. The molecule has 3 N–H and O–H groups in total. The maximum atomic E-state index is 11.9. The highest BCUT2D eigenvalue weighted by Crippen LogP contribution is 2.25. The van der Waals surface area contributed by atoms with Gasteiger partial charge in [-0.2, -0.15) is 0 Å². The van der Waals surface area contributed by atoms with Crippen LogP contribution in [0.4, 0.5) is 0 Å². The lowest BCUT2D eigenvalue weighted by Gasteiger charge is -2.25. The number of hydrogen-bond donors (Lipinski definition) is 3. The highest BCUT2D eigenvalue weighted by atomic mass is 127. The third kappa shape index (κ3) is 11.4. The summed E-state index contributed by atoms with van der Waals surface area (Å²) < 4.78 is 31.7. The van der Waals surface area contributed by atoms with Gasteiger partial charge in [0.15, 0.2) is 5.96 Å². The highest BCUT2D eigenvalue weighted by Gasteiger charge is 2.19. The fraction of sp³-hybridized carbons (Fsp3) is 0.933. The summed E-state index contributed by atoms with van der Waals surface area (Å²) >= 11 is 0. The Morgan fingerprint density at radius 1 is 1.21 bits per heavy atom. The largest absolute Gasteiger partial charge is 0.382 e. The third-order valence-corrected chi connectivity index (χ3v) is 5.26. The lowest BCUT2D eigenvalue weighted by molar-refractivity contribution is 0.143. The summed E-state index contributed by atoms with van der Waals surface area (Å²) in [5, 5.41) is 6.20. The molecule has 144 valence electrons. The van der Waals surface area contributed by atoms with Gasteiger partial charge >= 0.3 is 0 Å². The minimum Gasteiger partial charge on any atom is -0.382 e. The molecule has 0 saturated heterocycles. The van der Waals surface area contributed by atoms with Crippen molar-refractivity contribution >= 4 is 40.0 Å². The van der Waals surface area contributed by atoms with E-state index < -0.39 is 10.0 Å². The van der Waals surface area contributed by atoms with E-state index in [-0.39, 0.29) is 29.7 Å². The van der Waals surface area contributed by atoms with Crippen molar-refractivity contribution in [3.63, 3.8) is 0 Å². The normalized spacial score (nSPS) is 15.5. The van der Waals surface area contributed by atoms with Crippen LogP contribution in [-0.2, 0) is 14.8 Å². The zero-order valence-electron chi connectivity index (χ0n) is 14.8. The monoisotopic (exact) mass is 476 g/mol. The fourth-order valence-electron chi connectivity index (χ4n) is 2.22. The zero-order valence-corrected chi connectivity index (χ0v) is 18.0. The maximum Gasteiger partial charge on any atom is 0.213 e. The molecule has 1 aliphatic rings. The molecule has 0 heterocycles. The van der Waals surface area contributed by atoms with E-state index in [1.165, 1.54) is 6.42 Å². The second kappa shape index (κ2) is 14.1. The van der Waals surface area contributed by atoms with E-state index in [0.29, 0.717) is 25.0 Å². The number of ether oxygens (including phenoxy) is 1. The van der Waals surface area contributed by atoms with Crippen LogP contribution in [0.3, 0.4) is 0 Å².